The maximum absolute atomic E-state index is 5.79. The van der Waals surface area contributed by atoms with E-state index in [1.165, 1.54) is 24.4 Å². The van der Waals surface area contributed by atoms with E-state index in [2.05, 4.69) is 14.7 Å². The molecule has 3 N–H and O–H groups in total. The maximum Gasteiger partial charge on any atom is 0.202 e. The Morgan fingerprint density at radius 1 is 1.37 bits per heavy atom. The number of para-hydroxylation sites is 2. The third-order valence-electron chi connectivity index (χ3n) is 2.94. The Kier molecular flexibility index (Phi) is 3.50. The Labute approximate surface area is 116 Å². The number of ether oxygens (including phenoxy) is 1. The summed E-state index contributed by atoms with van der Waals surface area (Å²) >= 11 is 1.41. The van der Waals surface area contributed by atoms with E-state index < -0.39 is 0 Å². The zero-order valence-corrected chi connectivity index (χ0v) is 11.3. The molecule has 0 bridgehead atoms. The van der Waals surface area contributed by atoms with Crippen LogP contribution in [0, 0.1) is 0 Å². The fourth-order valence-electron chi connectivity index (χ4n) is 1.74. The molecule has 1 aromatic carbocycles. The van der Waals surface area contributed by atoms with Crippen LogP contribution >= 0.6 is 11.5 Å². The molecule has 0 saturated heterocycles. The average molecular weight is 276 g/mol. The Hall–Kier alpha value is -1.82. The number of hydrogen-bond acceptors (Lipinski definition) is 6. The molecule has 1 aromatic heterocycles. The zero-order chi connectivity index (χ0) is 13.1. The fraction of sp³-hybridized carbons (Fsp3) is 0.385. The van der Waals surface area contributed by atoms with Crippen LogP contribution in [0.25, 0.3) is 0 Å². The van der Waals surface area contributed by atoms with Crippen molar-refractivity contribution in [3.63, 3.8) is 0 Å². The van der Waals surface area contributed by atoms with E-state index in [-0.39, 0.29) is 0 Å². The molecular weight excluding hydrogens is 260 g/mol. The second-order valence-corrected chi connectivity index (χ2v) is 5.30. The predicted octanol–water partition coefficient (Wildman–Crippen LogP) is 2.49. The second kappa shape index (κ2) is 5.44. The summed E-state index contributed by atoms with van der Waals surface area (Å²) in [5, 5.41) is 4.08. The lowest BCUT2D eigenvalue weighted by Gasteiger charge is -2.08. The van der Waals surface area contributed by atoms with Gasteiger partial charge in [0.15, 0.2) is 0 Å². The van der Waals surface area contributed by atoms with Crippen LogP contribution in [0.2, 0.25) is 0 Å². The summed E-state index contributed by atoms with van der Waals surface area (Å²) in [5.74, 6) is 2.31. The number of nitrogens with two attached hydrogens (primary N) is 1. The molecule has 0 amide bonds. The van der Waals surface area contributed by atoms with Gasteiger partial charge < -0.3 is 15.8 Å². The highest BCUT2D eigenvalue weighted by Crippen LogP contribution is 2.39. The molecule has 0 unspecified atom stereocenters. The largest absolute Gasteiger partial charge is 0.490 e. The first-order chi connectivity index (χ1) is 9.33. The molecule has 3 rings (SSSR count). The molecule has 0 radical (unpaired) electrons. The SMILES string of the molecule is Nc1ccccc1OCCNc1nc(C2CC2)ns1. The minimum Gasteiger partial charge on any atom is -0.490 e. The van der Waals surface area contributed by atoms with Gasteiger partial charge in [-0.05, 0) is 25.0 Å². The summed E-state index contributed by atoms with van der Waals surface area (Å²) in [5.41, 5.74) is 6.45. The smallest absolute Gasteiger partial charge is 0.202 e. The highest BCUT2D eigenvalue weighted by atomic mass is 32.1. The monoisotopic (exact) mass is 276 g/mol. The summed E-state index contributed by atoms with van der Waals surface area (Å²) < 4.78 is 9.93. The Balaban J connectivity index is 1.44. The van der Waals surface area contributed by atoms with E-state index in [0.29, 0.717) is 24.8 Å². The van der Waals surface area contributed by atoms with Crippen molar-refractivity contribution < 1.29 is 4.74 Å². The lowest BCUT2D eigenvalue weighted by molar-refractivity contribution is 0.334. The van der Waals surface area contributed by atoms with Crippen molar-refractivity contribution in [3.8, 4) is 5.75 Å². The lowest BCUT2D eigenvalue weighted by Crippen LogP contribution is -2.12. The number of hydrogen-bond donors (Lipinski definition) is 2. The maximum atomic E-state index is 5.79. The van der Waals surface area contributed by atoms with Crippen LogP contribution < -0.4 is 15.8 Å². The molecule has 1 aliphatic rings. The van der Waals surface area contributed by atoms with Crippen molar-refractivity contribution in [2.45, 2.75) is 18.8 Å². The third kappa shape index (κ3) is 3.14. The normalized spacial score (nSPS) is 14.3. The van der Waals surface area contributed by atoms with Crippen LogP contribution in [0.15, 0.2) is 24.3 Å². The minimum atomic E-state index is 0.548. The van der Waals surface area contributed by atoms with Gasteiger partial charge in [0.25, 0.3) is 0 Å². The molecule has 1 fully saturated rings. The molecule has 1 heterocycles. The number of nitrogens with one attached hydrogen (secondary N) is 1. The first kappa shape index (κ1) is 12.2. The number of nitrogen functional groups attached to an aromatic ring is 1. The summed E-state index contributed by atoms with van der Waals surface area (Å²) in [7, 11) is 0. The second-order valence-electron chi connectivity index (χ2n) is 4.55. The van der Waals surface area contributed by atoms with Crippen LogP contribution in [0.4, 0.5) is 10.8 Å². The number of nitrogens with zero attached hydrogens (tertiary/aromatic N) is 2. The van der Waals surface area contributed by atoms with Crippen molar-refractivity contribution in [2.75, 3.05) is 24.2 Å². The van der Waals surface area contributed by atoms with Gasteiger partial charge in [-0.15, -0.1) is 0 Å². The van der Waals surface area contributed by atoms with E-state index in [1.54, 1.807) is 0 Å². The quantitative estimate of drug-likeness (QED) is 0.626. The van der Waals surface area contributed by atoms with Crippen LogP contribution in [0.3, 0.4) is 0 Å². The van der Waals surface area contributed by atoms with Crippen molar-refractivity contribution in [3.05, 3.63) is 30.1 Å². The number of rotatable bonds is 6. The van der Waals surface area contributed by atoms with Crippen LogP contribution in [0.5, 0.6) is 5.75 Å². The molecule has 0 spiro atoms. The minimum absolute atomic E-state index is 0.548. The highest BCUT2D eigenvalue weighted by molar-refractivity contribution is 7.09. The molecule has 1 aliphatic carbocycles. The molecule has 19 heavy (non-hydrogen) atoms. The molecule has 5 nitrogen and oxygen atoms in total. The summed E-state index contributed by atoms with van der Waals surface area (Å²) in [6.45, 7) is 1.24. The average Bonchev–Trinajstić information content (AvgIpc) is 3.17. The van der Waals surface area contributed by atoms with E-state index in [9.17, 15) is 0 Å². The fourth-order valence-corrected chi connectivity index (χ4v) is 2.42. The summed E-state index contributed by atoms with van der Waals surface area (Å²) in [6, 6.07) is 7.49. The third-order valence-corrected chi connectivity index (χ3v) is 3.63. The molecular formula is C13H16N4OS. The Morgan fingerprint density at radius 2 is 2.21 bits per heavy atom. The number of benzene rings is 1. The topological polar surface area (TPSA) is 73.1 Å². The standard InChI is InChI=1S/C13H16N4OS/c14-10-3-1-2-4-11(10)18-8-7-15-13-16-12(17-19-13)9-5-6-9/h1-4,9H,5-8,14H2,(H,15,16,17). The number of anilines is 2. The van der Waals surface area contributed by atoms with Gasteiger partial charge in [0.05, 0.1) is 12.2 Å². The van der Waals surface area contributed by atoms with Gasteiger partial charge in [-0.25, -0.2) is 4.98 Å². The van der Waals surface area contributed by atoms with Gasteiger partial charge in [-0.1, -0.05) is 12.1 Å². The number of aromatic nitrogens is 2. The van der Waals surface area contributed by atoms with Gasteiger partial charge >= 0.3 is 0 Å². The van der Waals surface area contributed by atoms with E-state index in [4.69, 9.17) is 10.5 Å². The van der Waals surface area contributed by atoms with Crippen molar-refractivity contribution in [2.24, 2.45) is 0 Å². The molecule has 100 valence electrons. The highest BCUT2D eigenvalue weighted by Gasteiger charge is 2.27. The first-order valence-electron chi connectivity index (χ1n) is 6.38. The zero-order valence-electron chi connectivity index (χ0n) is 10.5. The van der Waals surface area contributed by atoms with Gasteiger partial charge in [0.2, 0.25) is 5.13 Å². The summed E-state index contributed by atoms with van der Waals surface area (Å²) in [4.78, 5) is 4.45. The van der Waals surface area contributed by atoms with Gasteiger partial charge in [0.1, 0.15) is 18.2 Å². The Bertz CT molecular complexity index is 553. The first-order valence-corrected chi connectivity index (χ1v) is 7.15. The molecule has 0 aliphatic heterocycles. The van der Waals surface area contributed by atoms with E-state index in [0.717, 1.165) is 16.7 Å². The van der Waals surface area contributed by atoms with Crippen LogP contribution in [0.1, 0.15) is 24.6 Å². The lowest BCUT2D eigenvalue weighted by atomic mass is 10.3. The van der Waals surface area contributed by atoms with E-state index in [1.807, 2.05) is 24.3 Å². The molecule has 2 aromatic rings. The predicted molar refractivity (Wildman–Crippen MR) is 76.7 cm³/mol. The van der Waals surface area contributed by atoms with Gasteiger partial charge in [-0.2, -0.15) is 4.37 Å². The van der Waals surface area contributed by atoms with E-state index >= 15 is 0 Å². The van der Waals surface area contributed by atoms with Crippen molar-refractivity contribution in [1.82, 2.24) is 9.36 Å². The van der Waals surface area contributed by atoms with Crippen LogP contribution in [-0.4, -0.2) is 22.5 Å². The Morgan fingerprint density at radius 3 is 3.00 bits per heavy atom. The molecule has 1 saturated carbocycles. The molecule has 6 heteroatoms. The van der Waals surface area contributed by atoms with Gasteiger partial charge in [-0.3, -0.25) is 0 Å². The van der Waals surface area contributed by atoms with Gasteiger partial charge in [0, 0.05) is 17.5 Å². The van der Waals surface area contributed by atoms with Crippen molar-refractivity contribution in [1.29, 1.82) is 0 Å². The van der Waals surface area contributed by atoms with Crippen LogP contribution in [-0.2, 0) is 0 Å². The summed E-state index contributed by atoms with van der Waals surface area (Å²) in [6.07, 6.45) is 2.46. The molecule has 0 atom stereocenters. The van der Waals surface area contributed by atoms with Crippen molar-refractivity contribution >= 4 is 22.4 Å².